The number of halogens is 3. The zero-order valence-corrected chi connectivity index (χ0v) is 9.20. The first-order valence-electron chi connectivity index (χ1n) is 2.34. The normalized spacial score (nSPS) is 19.2. The van der Waals surface area contributed by atoms with E-state index >= 15 is 0 Å². The number of allylic oxidation sites excluding steroid dienone is 2. The molecule has 50 valence electrons. The molecule has 0 aromatic rings. The minimum atomic E-state index is 0.884. The van der Waals surface area contributed by atoms with Gasteiger partial charge in [-0.05, 0) is 22.0 Å². The molecule has 9 heavy (non-hydrogen) atoms. The van der Waals surface area contributed by atoms with Crippen molar-refractivity contribution in [2.24, 2.45) is 0 Å². The molecule has 1 heterocycles. The Morgan fingerprint density at radius 1 is 1.44 bits per heavy atom. The van der Waals surface area contributed by atoms with Gasteiger partial charge < -0.3 is 3.93 Å². The van der Waals surface area contributed by atoms with Crippen molar-refractivity contribution in [1.29, 1.82) is 0 Å². The van der Waals surface area contributed by atoms with E-state index in [1.807, 2.05) is 16.2 Å². The summed E-state index contributed by atoms with van der Waals surface area (Å²) in [6, 6.07) is 0. The van der Waals surface area contributed by atoms with Crippen LogP contribution < -0.4 is 0 Å². The van der Waals surface area contributed by atoms with E-state index in [0.717, 1.165) is 15.5 Å². The average molecular weight is 318 g/mol. The predicted octanol–water partition coefficient (Wildman–Crippen LogP) is 3.13. The SMILES string of the molecule is BrC1=CN(Br)CC(Br)=C1. The quantitative estimate of drug-likeness (QED) is 0.621. The highest BCUT2D eigenvalue weighted by Gasteiger charge is 2.04. The van der Waals surface area contributed by atoms with Crippen LogP contribution in [0.5, 0.6) is 0 Å². The highest BCUT2D eigenvalue weighted by molar-refractivity contribution is 9.12. The zero-order chi connectivity index (χ0) is 6.85. The van der Waals surface area contributed by atoms with Gasteiger partial charge in [0.15, 0.2) is 0 Å². The molecule has 4 heteroatoms. The highest BCUT2D eigenvalue weighted by Crippen LogP contribution is 2.23. The fourth-order valence-corrected chi connectivity index (χ4v) is 3.01. The van der Waals surface area contributed by atoms with Crippen LogP contribution in [0.1, 0.15) is 0 Å². The van der Waals surface area contributed by atoms with Gasteiger partial charge in [-0.25, -0.2) is 0 Å². The van der Waals surface area contributed by atoms with Gasteiger partial charge >= 0.3 is 0 Å². The number of nitrogens with zero attached hydrogens (tertiary/aromatic N) is 1. The van der Waals surface area contributed by atoms with Gasteiger partial charge in [0.25, 0.3) is 0 Å². The molecule has 0 radical (unpaired) electrons. The van der Waals surface area contributed by atoms with Crippen molar-refractivity contribution in [2.75, 3.05) is 6.54 Å². The zero-order valence-electron chi connectivity index (χ0n) is 4.44. The molecule has 0 unspecified atom stereocenters. The van der Waals surface area contributed by atoms with E-state index in [4.69, 9.17) is 0 Å². The third-order valence-corrected chi connectivity index (χ3v) is 2.23. The largest absolute Gasteiger partial charge is 0.310 e. The van der Waals surface area contributed by atoms with E-state index in [-0.39, 0.29) is 0 Å². The number of hydrogen-bond donors (Lipinski definition) is 0. The number of hydrogen-bond acceptors (Lipinski definition) is 1. The Hall–Kier alpha value is 0.720. The summed E-state index contributed by atoms with van der Waals surface area (Å²) in [5.74, 6) is 0. The minimum absolute atomic E-state index is 0.884. The maximum atomic E-state index is 3.39. The molecule has 1 aliphatic rings. The Morgan fingerprint density at radius 2 is 2.11 bits per heavy atom. The first-order valence-corrected chi connectivity index (χ1v) is 4.64. The molecule has 0 fully saturated rings. The Kier molecular flexibility index (Phi) is 2.79. The van der Waals surface area contributed by atoms with E-state index < -0.39 is 0 Å². The van der Waals surface area contributed by atoms with Gasteiger partial charge in [0.05, 0.1) is 6.54 Å². The van der Waals surface area contributed by atoms with Crippen LogP contribution in [0.15, 0.2) is 21.2 Å². The number of rotatable bonds is 0. The van der Waals surface area contributed by atoms with Crippen LogP contribution in [0, 0.1) is 0 Å². The van der Waals surface area contributed by atoms with Gasteiger partial charge in [-0.15, -0.1) is 0 Å². The summed E-state index contributed by atoms with van der Waals surface area (Å²) in [5.41, 5.74) is 0. The van der Waals surface area contributed by atoms with Crippen LogP contribution in [0.2, 0.25) is 0 Å². The Bertz CT molecular complexity index is 173. The summed E-state index contributed by atoms with van der Waals surface area (Å²) in [7, 11) is 0. The molecule has 0 aromatic heterocycles. The van der Waals surface area contributed by atoms with Crippen LogP contribution in [-0.4, -0.2) is 10.5 Å². The summed E-state index contributed by atoms with van der Waals surface area (Å²) in [5, 5.41) is 0. The highest BCUT2D eigenvalue weighted by atomic mass is 79.9. The Balaban J connectivity index is 2.74. The van der Waals surface area contributed by atoms with Gasteiger partial charge in [-0.1, -0.05) is 15.9 Å². The van der Waals surface area contributed by atoms with Crippen molar-refractivity contribution in [3.63, 3.8) is 0 Å². The molecule has 0 atom stereocenters. The van der Waals surface area contributed by atoms with Crippen molar-refractivity contribution >= 4 is 48.0 Å². The second-order valence-corrected chi connectivity index (χ2v) is 4.51. The maximum Gasteiger partial charge on any atom is 0.0606 e. The second kappa shape index (κ2) is 3.21. The first kappa shape index (κ1) is 7.82. The van der Waals surface area contributed by atoms with E-state index in [1.54, 1.807) is 0 Å². The van der Waals surface area contributed by atoms with Gasteiger partial charge in [-0.2, -0.15) is 0 Å². The minimum Gasteiger partial charge on any atom is -0.310 e. The van der Waals surface area contributed by atoms with E-state index in [9.17, 15) is 0 Å². The van der Waals surface area contributed by atoms with Gasteiger partial charge in [0.1, 0.15) is 0 Å². The molecule has 1 rings (SSSR count). The van der Waals surface area contributed by atoms with Gasteiger partial charge in [0.2, 0.25) is 0 Å². The molecule has 0 spiro atoms. The fourth-order valence-electron chi connectivity index (χ4n) is 0.556. The van der Waals surface area contributed by atoms with Crippen molar-refractivity contribution in [3.05, 3.63) is 21.2 Å². The van der Waals surface area contributed by atoms with Gasteiger partial charge in [-0.3, -0.25) is 0 Å². The summed E-state index contributed by atoms with van der Waals surface area (Å²) in [6.07, 6.45) is 3.99. The topological polar surface area (TPSA) is 3.24 Å². The van der Waals surface area contributed by atoms with Crippen LogP contribution >= 0.6 is 48.0 Å². The third-order valence-electron chi connectivity index (χ3n) is 0.860. The van der Waals surface area contributed by atoms with Crippen molar-refractivity contribution in [2.45, 2.75) is 0 Å². The molecule has 0 aliphatic carbocycles. The molecular formula is C5H4Br3N. The monoisotopic (exact) mass is 315 g/mol. The van der Waals surface area contributed by atoms with Crippen LogP contribution in [0.3, 0.4) is 0 Å². The third kappa shape index (κ3) is 2.43. The summed E-state index contributed by atoms with van der Waals surface area (Å²) in [4.78, 5) is 0. The van der Waals surface area contributed by atoms with Crippen molar-refractivity contribution in [1.82, 2.24) is 3.93 Å². The average Bonchev–Trinajstić information content (AvgIpc) is 1.59. The molecule has 0 amide bonds. The summed E-state index contributed by atoms with van der Waals surface area (Å²) < 4.78 is 4.15. The van der Waals surface area contributed by atoms with E-state index in [2.05, 4.69) is 48.0 Å². The van der Waals surface area contributed by atoms with Crippen LogP contribution in [-0.2, 0) is 0 Å². The van der Waals surface area contributed by atoms with E-state index in [0.29, 0.717) is 0 Å². The Morgan fingerprint density at radius 3 is 2.56 bits per heavy atom. The summed E-state index contributed by atoms with van der Waals surface area (Å²) >= 11 is 10.1. The van der Waals surface area contributed by atoms with Crippen molar-refractivity contribution in [3.8, 4) is 0 Å². The molecule has 0 saturated carbocycles. The molecule has 0 bridgehead atoms. The van der Waals surface area contributed by atoms with Crippen LogP contribution in [0.4, 0.5) is 0 Å². The molecule has 0 N–H and O–H groups in total. The van der Waals surface area contributed by atoms with Gasteiger partial charge in [0, 0.05) is 31.3 Å². The fraction of sp³-hybridized carbons (Fsp3) is 0.200. The maximum absolute atomic E-state index is 3.39. The standard InChI is InChI=1S/C5H4Br3N/c6-4-1-5(7)3-9(8)2-4/h1-2H,3H2. The lowest BCUT2D eigenvalue weighted by atomic mass is 10.4. The smallest absolute Gasteiger partial charge is 0.0606 e. The van der Waals surface area contributed by atoms with Crippen molar-refractivity contribution < 1.29 is 0 Å². The Labute approximate surface area is 79.4 Å². The second-order valence-electron chi connectivity index (χ2n) is 1.66. The molecule has 1 aliphatic heterocycles. The van der Waals surface area contributed by atoms with E-state index in [1.165, 1.54) is 0 Å². The lowest BCUT2D eigenvalue weighted by Crippen LogP contribution is -2.08. The first-order chi connectivity index (χ1) is 4.18. The lowest BCUT2D eigenvalue weighted by molar-refractivity contribution is 0.708. The summed E-state index contributed by atoms with van der Waals surface area (Å²) in [6.45, 7) is 0.884. The molecule has 1 nitrogen and oxygen atoms in total. The molecule has 0 saturated heterocycles. The molecular weight excluding hydrogens is 314 g/mol. The van der Waals surface area contributed by atoms with Crippen LogP contribution in [0.25, 0.3) is 0 Å². The predicted molar refractivity (Wildman–Crippen MR) is 49.7 cm³/mol. The lowest BCUT2D eigenvalue weighted by Gasteiger charge is -2.14. The molecule has 0 aromatic carbocycles.